The van der Waals surface area contributed by atoms with Gasteiger partial charge in [-0.15, -0.1) is 0 Å². The predicted octanol–water partition coefficient (Wildman–Crippen LogP) is 3.39. The van der Waals surface area contributed by atoms with Crippen LogP contribution in [0.3, 0.4) is 0 Å². The Morgan fingerprint density at radius 1 is 1.04 bits per heavy atom. The van der Waals surface area contributed by atoms with Gasteiger partial charge in [0.2, 0.25) is 0 Å². The van der Waals surface area contributed by atoms with Gasteiger partial charge in [0.25, 0.3) is 11.8 Å². The molecule has 2 unspecified atom stereocenters. The highest BCUT2D eigenvalue weighted by molar-refractivity contribution is 9.10. The van der Waals surface area contributed by atoms with Gasteiger partial charge in [0, 0.05) is 4.47 Å². The SMILES string of the molecule is Cc1cc(N2N=NC3C(=O)N(c4ccc(F)cc4)C(=O)C32)ccc1Br. The third kappa shape index (κ3) is 2.44. The van der Waals surface area contributed by atoms with E-state index in [1.807, 2.05) is 19.1 Å². The molecule has 2 aliphatic rings. The van der Waals surface area contributed by atoms with Crippen LogP contribution in [0, 0.1) is 12.7 Å². The fourth-order valence-corrected chi connectivity index (χ4v) is 3.24. The van der Waals surface area contributed by atoms with Crippen LogP contribution in [0.4, 0.5) is 15.8 Å². The van der Waals surface area contributed by atoms with Crippen molar-refractivity contribution < 1.29 is 14.0 Å². The lowest BCUT2D eigenvalue weighted by Crippen LogP contribution is -2.39. The minimum atomic E-state index is -0.887. The average molecular weight is 403 g/mol. The van der Waals surface area contributed by atoms with Crippen molar-refractivity contribution in [2.45, 2.75) is 19.0 Å². The first-order chi connectivity index (χ1) is 12.0. The van der Waals surface area contributed by atoms with Crippen molar-refractivity contribution in [3.8, 4) is 0 Å². The Morgan fingerprint density at radius 2 is 1.72 bits per heavy atom. The molecule has 0 N–H and O–H groups in total. The maximum absolute atomic E-state index is 13.1. The predicted molar refractivity (Wildman–Crippen MR) is 92.7 cm³/mol. The molecule has 126 valence electrons. The van der Waals surface area contributed by atoms with Gasteiger partial charge in [-0.1, -0.05) is 21.2 Å². The minimum absolute atomic E-state index is 0.327. The summed E-state index contributed by atoms with van der Waals surface area (Å²) in [6, 6.07) is 9.03. The second-order valence-electron chi connectivity index (χ2n) is 5.86. The van der Waals surface area contributed by atoms with Crippen LogP contribution in [0.25, 0.3) is 0 Å². The summed E-state index contributed by atoms with van der Waals surface area (Å²) in [6.45, 7) is 1.92. The second kappa shape index (κ2) is 5.73. The molecule has 6 nitrogen and oxygen atoms in total. The Labute approximate surface area is 151 Å². The molecule has 2 amide bonds. The molecule has 4 rings (SSSR count). The summed E-state index contributed by atoms with van der Waals surface area (Å²) in [4.78, 5) is 26.5. The summed E-state index contributed by atoms with van der Waals surface area (Å²) in [5.74, 6) is -1.32. The van der Waals surface area contributed by atoms with E-state index in [-0.39, 0.29) is 0 Å². The van der Waals surface area contributed by atoms with E-state index >= 15 is 0 Å². The number of carbonyl (C=O) groups excluding carboxylic acids is 2. The van der Waals surface area contributed by atoms with Gasteiger partial charge in [0.05, 0.1) is 11.4 Å². The standard InChI is InChI=1S/C17H12BrFN4O2/c1-9-8-12(6-7-13(9)18)23-15-14(20-21-23)16(24)22(17(15)25)11-4-2-10(19)3-5-11/h2-8,14-15H,1H3. The van der Waals surface area contributed by atoms with Gasteiger partial charge in [-0.2, -0.15) is 5.11 Å². The van der Waals surface area contributed by atoms with Gasteiger partial charge in [-0.3, -0.25) is 9.59 Å². The number of hydrogen-bond acceptors (Lipinski definition) is 5. The number of aryl methyl sites for hydroxylation is 1. The van der Waals surface area contributed by atoms with E-state index in [9.17, 15) is 14.0 Å². The number of amides is 2. The van der Waals surface area contributed by atoms with Gasteiger partial charge in [0.15, 0.2) is 12.1 Å². The molecule has 1 saturated heterocycles. The summed E-state index contributed by atoms with van der Waals surface area (Å²) in [5, 5.41) is 9.47. The summed E-state index contributed by atoms with van der Waals surface area (Å²) < 4.78 is 14.1. The van der Waals surface area contributed by atoms with Crippen molar-refractivity contribution >= 4 is 39.1 Å². The van der Waals surface area contributed by atoms with Crippen LogP contribution in [-0.4, -0.2) is 23.9 Å². The Morgan fingerprint density at radius 3 is 2.40 bits per heavy atom. The van der Waals surface area contributed by atoms with Crippen LogP contribution in [0.5, 0.6) is 0 Å². The van der Waals surface area contributed by atoms with Crippen molar-refractivity contribution in [3.63, 3.8) is 0 Å². The van der Waals surface area contributed by atoms with Crippen LogP contribution < -0.4 is 9.91 Å². The average Bonchev–Trinajstić information content (AvgIpc) is 3.13. The Hall–Kier alpha value is -2.61. The van der Waals surface area contributed by atoms with Gasteiger partial charge < -0.3 is 0 Å². The quantitative estimate of drug-likeness (QED) is 0.723. The van der Waals surface area contributed by atoms with E-state index in [2.05, 4.69) is 26.3 Å². The highest BCUT2D eigenvalue weighted by Gasteiger charge is 2.55. The number of hydrogen-bond donors (Lipinski definition) is 0. The normalized spacial score (nSPS) is 22.0. The fraction of sp³-hybridized carbons (Fsp3) is 0.176. The molecule has 2 heterocycles. The topological polar surface area (TPSA) is 65.3 Å². The molecular formula is C17H12BrFN4O2. The van der Waals surface area contributed by atoms with Crippen molar-refractivity contribution in [2.24, 2.45) is 10.3 Å². The molecule has 0 spiro atoms. The lowest BCUT2D eigenvalue weighted by Gasteiger charge is -2.21. The van der Waals surface area contributed by atoms with Gasteiger partial charge in [-0.05, 0) is 55.0 Å². The Bertz CT molecular complexity index is 915. The van der Waals surface area contributed by atoms with Gasteiger partial charge >= 0.3 is 0 Å². The molecule has 0 radical (unpaired) electrons. The van der Waals surface area contributed by atoms with E-state index < -0.39 is 29.7 Å². The summed E-state index contributed by atoms with van der Waals surface area (Å²) in [6.07, 6.45) is 0. The van der Waals surface area contributed by atoms with Crippen LogP contribution in [0.15, 0.2) is 57.3 Å². The van der Waals surface area contributed by atoms with E-state index in [1.165, 1.54) is 29.3 Å². The van der Waals surface area contributed by atoms with Crippen LogP contribution in [0.1, 0.15) is 5.56 Å². The van der Waals surface area contributed by atoms with Crippen LogP contribution >= 0.6 is 15.9 Å². The summed E-state index contributed by atoms with van der Waals surface area (Å²) in [5.41, 5.74) is 1.98. The van der Waals surface area contributed by atoms with E-state index in [0.717, 1.165) is 14.9 Å². The maximum Gasteiger partial charge on any atom is 0.263 e. The highest BCUT2D eigenvalue weighted by atomic mass is 79.9. The first-order valence-electron chi connectivity index (χ1n) is 7.57. The van der Waals surface area contributed by atoms with Crippen molar-refractivity contribution in [1.82, 2.24) is 0 Å². The molecule has 0 bridgehead atoms. The number of rotatable bonds is 2. The third-order valence-corrected chi connectivity index (χ3v) is 5.16. The number of anilines is 2. The number of fused-ring (bicyclic) bond motifs is 1. The molecule has 2 aromatic rings. The minimum Gasteiger partial charge on any atom is -0.271 e. The molecule has 0 aromatic heterocycles. The summed E-state index contributed by atoms with van der Waals surface area (Å²) in [7, 11) is 0. The molecule has 25 heavy (non-hydrogen) atoms. The Kier molecular flexibility index (Phi) is 3.64. The zero-order valence-corrected chi connectivity index (χ0v) is 14.6. The monoisotopic (exact) mass is 402 g/mol. The second-order valence-corrected chi connectivity index (χ2v) is 6.72. The number of halogens is 2. The van der Waals surface area contributed by atoms with Crippen molar-refractivity contribution in [2.75, 3.05) is 9.91 Å². The lowest BCUT2D eigenvalue weighted by atomic mass is 10.1. The highest BCUT2D eigenvalue weighted by Crippen LogP contribution is 2.35. The number of imide groups is 1. The first-order valence-corrected chi connectivity index (χ1v) is 8.36. The maximum atomic E-state index is 13.1. The van der Waals surface area contributed by atoms with E-state index in [4.69, 9.17) is 0 Å². The number of benzene rings is 2. The zero-order chi connectivity index (χ0) is 17.7. The fourth-order valence-electron chi connectivity index (χ4n) is 2.99. The molecule has 8 heteroatoms. The third-order valence-electron chi connectivity index (χ3n) is 4.27. The molecule has 2 aromatic carbocycles. The molecule has 2 aliphatic heterocycles. The molecule has 2 atom stereocenters. The lowest BCUT2D eigenvalue weighted by molar-refractivity contribution is -0.121. The van der Waals surface area contributed by atoms with Crippen LogP contribution in [-0.2, 0) is 9.59 Å². The van der Waals surface area contributed by atoms with Crippen molar-refractivity contribution in [1.29, 1.82) is 0 Å². The number of nitrogens with zero attached hydrogens (tertiary/aromatic N) is 4. The number of carbonyl (C=O) groups is 2. The largest absolute Gasteiger partial charge is 0.271 e. The van der Waals surface area contributed by atoms with Crippen molar-refractivity contribution in [3.05, 3.63) is 58.3 Å². The Balaban J connectivity index is 1.70. The molecule has 1 fully saturated rings. The molecule has 0 aliphatic carbocycles. The zero-order valence-electron chi connectivity index (χ0n) is 13.1. The van der Waals surface area contributed by atoms with Gasteiger partial charge in [-0.25, -0.2) is 14.3 Å². The van der Waals surface area contributed by atoms with Gasteiger partial charge in [0.1, 0.15) is 5.82 Å². The summed E-state index contributed by atoms with van der Waals surface area (Å²) >= 11 is 3.43. The van der Waals surface area contributed by atoms with E-state index in [0.29, 0.717) is 11.4 Å². The smallest absolute Gasteiger partial charge is 0.263 e. The first kappa shape index (κ1) is 15.9. The van der Waals surface area contributed by atoms with E-state index in [1.54, 1.807) is 6.07 Å². The molecular weight excluding hydrogens is 391 g/mol. The van der Waals surface area contributed by atoms with Crippen LogP contribution in [0.2, 0.25) is 0 Å². The molecule has 0 saturated carbocycles.